The van der Waals surface area contributed by atoms with Crippen LogP contribution in [0.4, 0.5) is 0 Å². The molecule has 0 fully saturated rings. The number of halogens is 1. The number of hydrogen-bond acceptors (Lipinski definition) is 2. The van der Waals surface area contributed by atoms with Gasteiger partial charge in [0.1, 0.15) is 0 Å². The van der Waals surface area contributed by atoms with Crippen molar-refractivity contribution in [2.75, 3.05) is 0 Å². The van der Waals surface area contributed by atoms with E-state index in [-0.39, 0.29) is 5.41 Å². The summed E-state index contributed by atoms with van der Waals surface area (Å²) in [6, 6.07) is 5.46. The average molecular weight is 277 g/mol. The molecule has 3 nitrogen and oxygen atoms in total. The van der Waals surface area contributed by atoms with Crippen LogP contribution in [0, 0.1) is 0 Å². The molecule has 0 saturated carbocycles. The minimum atomic E-state index is -0.0492. The number of aryl methyl sites for hydroxylation is 1. The van der Waals surface area contributed by atoms with Gasteiger partial charge >= 0.3 is 0 Å². The van der Waals surface area contributed by atoms with Crippen LogP contribution in [0.2, 0.25) is 5.02 Å². The molecule has 4 heteroatoms. The Balaban J connectivity index is 2.59. The maximum absolute atomic E-state index is 10.8. The Bertz CT molecular complexity index is 624. The molecule has 0 aliphatic heterocycles. The van der Waals surface area contributed by atoms with E-state index in [1.54, 1.807) is 10.7 Å². The molecule has 1 aromatic carbocycles. The maximum atomic E-state index is 10.8. The summed E-state index contributed by atoms with van der Waals surface area (Å²) in [6.07, 6.45) is 2.74. The predicted molar refractivity (Wildman–Crippen MR) is 77.7 cm³/mol. The first kappa shape index (κ1) is 13.8. The van der Waals surface area contributed by atoms with Crippen LogP contribution < -0.4 is 0 Å². The molecule has 1 heterocycles. The van der Waals surface area contributed by atoms with Crippen molar-refractivity contribution in [3.8, 4) is 11.1 Å². The summed E-state index contributed by atoms with van der Waals surface area (Å²) in [4.78, 5) is 10.8. The van der Waals surface area contributed by atoms with Gasteiger partial charge in [0.15, 0.2) is 6.29 Å². The Labute approximate surface area is 118 Å². The fourth-order valence-corrected chi connectivity index (χ4v) is 2.27. The highest BCUT2D eigenvalue weighted by molar-refractivity contribution is 6.33. The monoisotopic (exact) mass is 276 g/mol. The van der Waals surface area contributed by atoms with Crippen LogP contribution in [0.1, 0.15) is 36.8 Å². The summed E-state index contributed by atoms with van der Waals surface area (Å²) in [7, 11) is 1.90. The number of carbonyl (C=O) groups is 1. The molecular formula is C15H17ClN2O. The van der Waals surface area contributed by atoms with Gasteiger partial charge in [0.2, 0.25) is 0 Å². The number of rotatable bonds is 2. The third-order valence-electron chi connectivity index (χ3n) is 2.98. The van der Waals surface area contributed by atoms with Gasteiger partial charge in [-0.3, -0.25) is 9.48 Å². The standard InChI is InChI=1S/C15H17ClN2O/c1-15(2,3)14-12(8-18(4)17-14)10-5-6-11(9-19)13(16)7-10/h5-9H,1-4H3. The lowest BCUT2D eigenvalue weighted by Crippen LogP contribution is -2.13. The highest BCUT2D eigenvalue weighted by Crippen LogP contribution is 2.33. The molecule has 0 amide bonds. The molecule has 0 unspecified atom stereocenters. The van der Waals surface area contributed by atoms with Crippen LogP contribution >= 0.6 is 11.6 Å². The average Bonchev–Trinajstić information content (AvgIpc) is 2.71. The van der Waals surface area contributed by atoms with E-state index in [4.69, 9.17) is 11.6 Å². The van der Waals surface area contributed by atoms with Gasteiger partial charge < -0.3 is 0 Å². The number of nitrogens with zero attached hydrogens (tertiary/aromatic N) is 2. The first-order chi connectivity index (χ1) is 8.82. The van der Waals surface area contributed by atoms with Gasteiger partial charge in [-0.15, -0.1) is 0 Å². The van der Waals surface area contributed by atoms with Crippen molar-refractivity contribution < 1.29 is 4.79 Å². The molecule has 0 aliphatic rings. The molecule has 19 heavy (non-hydrogen) atoms. The molecule has 0 atom stereocenters. The van der Waals surface area contributed by atoms with Crippen LogP contribution in [0.5, 0.6) is 0 Å². The zero-order valence-electron chi connectivity index (χ0n) is 11.6. The molecule has 0 radical (unpaired) electrons. The van der Waals surface area contributed by atoms with Crippen molar-refractivity contribution in [3.05, 3.63) is 40.7 Å². The first-order valence-electron chi connectivity index (χ1n) is 6.12. The van der Waals surface area contributed by atoms with E-state index in [1.807, 2.05) is 25.4 Å². The molecule has 0 saturated heterocycles. The van der Waals surface area contributed by atoms with E-state index < -0.39 is 0 Å². The Morgan fingerprint density at radius 1 is 1.32 bits per heavy atom. The van der Waals surface area contributed by atoms with Gasteiger partial charge in [0.25, 0.3) is 0 Å². The van der Waals surface area contributed by atoms with Gasteiger partial charge in [-0.2, -0.15) is 5.10 Å². The molecule has 0 bridgehead atoms. The van der Waals surface area contributed by atoms with Crippen molar-refractivity contribution in [3.63, 3.8) is 0 Å². The summed E-state index contributed by atoms with van der Waals surface area (Å²) < 4.78 is 1.80. The van der Waals surface area contributed by atoms with Crippen LogP contribution in [0.15, 0.2) is 24.4 Å². The van der Waals surface area contributed by atoms with Gasteiger partial charge in [-0.05, 0) is 17.7 Å². The Morgan fingerprint density at radius 3 is 2.53 bits per heavy atom. The van der Waals surface area contributed by atoms with Gasteiger partial charge in [-0.1, -0.05) is 38.4 Å². The van der Waals surface area contributed by atoms with E-state index >= 15 is 0 Å². The summed E-state index contributed by atoms with van der Waals surface area (Å²) in [5.74, 6) is 0. The Kier molecular flexibility index (Phi) is 3.50. The second-order valence-corrected chi connectivity index (χ2v) is 6.08. The van der Waals surface area contributed by atoms with Gasteiger partial charge in [0, 0.05) is 29.8 Å². The topological polar surface area (TPSA) is 34.9 Å². The highest BCUT2D eigenvalue weighted by Gasteiger charge is 2.22. The third-order valence-corrected chi connectivity index (χ3v) is 3.30. The number of aromatic nitrogens is 2. The highest BCUT2D eigenvalue weighted by atomic mass is 35.5. The maximum Gasteiger partial charge on any atom is 0.151 e. The zero-order chi connectivity index (χ0) is 14.2. The summed E-state index contributed by atoms with van der Waals surface area (Å²) >= 11 is 6.09. The van der Waals surface area contributed by atoms with Gasteiger partial charge in [0.05, 0.1) is 10.7 Å². The summed E-state index contributed by atoms with van der Waals surface area (Å²) in [6.45, 7) is 6.38. The van der Waals surface area contributed by atoms with Crippen molar-refractivity contribution in [1.29, 1.82) is 0 Å². The van der Waals surface area contributed by atoms with Crippen LogP contribution in [0.25, 0.3) is 11.1 Å². The lowest BCUT2D eigenvalue weighted by atomic mass is 9.87. The van der Waals surface area contributed by atoms with Crippen molar-refractivity contribution in [2.45, 2.75) is 26.2 Å². The van der Waals surface area contributed by atoms with Crippen molar-refractivity contribution in [1.82, 2.24) is 9.78 Å². The van der Waals surface area contributed by atoms with Crippen molar-refractivity contribution >= 4 is 17.9 Å². The van der Waals surface area contributed by atoms with E-state index in [1.165, 1.54) is 0 Å². The molecule has 1 aromatic heterocycles. The van der Waals surface area contributed by atoms with E-state index in [0.717, 1.165) is 23.1 Å². The minimum absolute atomic E-state index is 0.0492. The quantitative estimate of drug-likeness (QED) is 0.781. The molecule has 0 aliphatic carbocycles. The number of aldehydes is 1. The minimum Gasteiger partial charge on any atom is -0.298 e. The Morgan fingerprint density at radius 2 is 2.00 bits per heavy atom. The molecule has 100 valence electrons. The molecular weight excluding hydrogens is 260 g/mol. The zero-order valence-corrected chi connectivity index (χ0v) is 12.3. The van der Waals surface area contributed by atoms with Crippen LogP contribution in [-0.4, -0.2) is 16.1 Å². The SMILES string of the molecule is Cn1cc(-c2ccc(C=O)c(Cl)c2)c(C(C)(C)C)n1. The number of benzene rings is 1. The van der Waals surface area contributed by atoms with Crippen LogP contribution in [-0.2, 0) is 12.5 Å². The molecule has 0 spiro atoms. The molecule has 0 N–H and O–H groups in total. The summed E-state index contributed by atoms with van der Waals surface area (Å²) in [5.41, 5.74) is 3.51. The largest absolute Gasteiger partial charge is 0.298 e. The van der Waals surface area contributed by atoms with Crippen molar-refractivity contribution in [2.24, 2.45) is 7.05 Å². The normalized spacial score (nSPS) is 11.6. The fraction of sp³-hybridized carbons (Fsp3) is 0.333. The van der Waals surface area contributed by atoms with Gasteiger partial charge in [-0.25, -0.2) is 0 Å². The molecule has 2 rings (SSSR count). The van der Waals surface area contributed by atoms with E-state index in [0.29, 0.717) is 10.6 Å². The predicted octanol–water partition coefficient (Wildman–Crippen LogP) is 3.85. The third kappa shape index (κ3) is 2.71. The number of hydrogen-bond donors (Lipinski definition) is 0. The fourth-order valence-electron chi connectivity index (χ4n) is 2.04. The lowest BCUT2D eigenvalue weighted by Gasteiger charge is -2.17. The van der Waals surface area contributed by atoms with E-state index in [2.05, 4.69) is 25.9 Å². The second kappa shape index (κ2) is 4.82. The number of carbonyl (C=O) groups excluding carboxylic acids is 1. The lowest BCUT2D eigenvalue weighted by molar-refractivity contribution is 0.112. The Hall–Kier alpha value is -1.61. The smallest absolute Gasteiger partial charge is 0.151 e. The van der Waals surface area contributed by atoms with E-state index in [9.17, 15) is 4.79 Å². The molecule has 2 aromatic rings. The first-order valence-corrected chi connectivity index (χ1v) is 6.50. The summed E-state index contributed by atoms with van der Waals surface area (Å²) in [5, 5.41) is 5.00. The second-order valence-electron chi connectivity index (χ2n) is 5.67. The van der Waals surface area contributed by atoms with Crippen LogP contribution in [0.3, 0.4) is 0 Å².